The van der Waals surface area contributed by atoms with Crippen molar-refractivity contribution in [2.45, 2.75) is 79.1 Å². The summed E-state index contributed by atoms with van der Waals surface area (Å²) in [5, 5.41) is 12.4. The molecule has 0 saturated heterocycles. The van der Waals surface area contributed by atoms with E-state index in [4.69, 9.17) is 9.97 Å². The Labute approximate surface area is 208 Å². The van der Waals surface area contributed by atoms with Crippen LogP contribution in [0.1, 0.15) is 70.6 Å². The summed E-state index contributed by atoms with van der Waals surface area (Å²) in [6.07, 6.45) is 4.24. The number of amides is 1. The highest BCUT2D eigenvalue weighted by atomic mass is 16.4. The van der Waals surface area contributed by atoms with Crippen molar-refractivity contribution in [3.63, 3.8) is 0 Å². The molecule has 1 aromatic carbocycles. The summed E-state index contributed by atoms with van der Waals surface area (Å²) >= 11 is 0. The number of hydrogen-bond acceptors (Lipinski definition) is 4. The molecule has 0 saturated carbocycles. The van der Waals surface area contributed by atoms with Gasteiger partial charge in [0.15, 0.2) is 0 Å². The van der Waals surface area contributed by atoms with Crippen LogP contribution in [0.5, 0.6) is 0 Å². The minimum atomic E-state index is -0.989. The second-order valence-electron chi connectivity index (χ2n) is 11.7. The average molecular weight is 478 g/mol. The van der Waals surface area contributed by atoms with E-state index in [0.29, 0.717) is 13.1 Å². The molecule has 0 radical (unpaired) electrons. The Morgan fingerprint density at radius 2 is 1.94 bits per heavy atom. The van der Waals surface area contributed by atoms with Gasteiger partial charge in [0.25, 0.3) is 0 Å². The van der Waals surface area contributed by atoms with E-state index in [0.717, 1.165) is 36.1 Å². The molecule has 3 aromatic rings. The van der Waals surface area contributed by atoms with E-state index in [-0.39, 0.29) is 22.9 Å². The van der Waals surface area contributed by atoms with E-state index in [1.165, 1.54) is 11.3 Å². The zero-order chi connectivity index (χ0) is 25.4. The second kappa shape index (κ2) is 9.61. The first kappa shape index (κ1) is 25.2. The van der Waals surface area contributed by atoms with E-state index in [9.17, 15) is 9.90 Å². The number of nitrogens with one attached hydrogen (secondary N) is 1. The fraction of sp³-hybridized carbons (Fsp3) is 0.536. The van der Waals surface area contributed by atoms with E-state index in [2.05, 4.69) is 74.6 Å². The van der Waals surface area contributed by atoms with Gasteiger partial charge in [-0.3, -0.25) is 9.88 Å². The molecule has 0 aliphatic heterocycles. The van der Waals surface area contributed by atoms with Gasteiger partial charge in [0.1, 0.15) is 5.82 Å². The highest BCUT2D eigenvalue weighted by molar-refractivity contribution is 5.76. The topological polar surface area (TPSA) is 83.3 Å². The number of para-hydroxylation sites is 2. The highest BCUT2D eigenvalue weighted by Crippen LogP contribution is 2.37. The summed E-state index contributed by atoms with van der Waals surface area (Å²) in [5.74, 6) is 0.993. The van der Waals surface area contributed by atoms with E-state index >= 15 is 0 Å². The van der Waals surface area contributed by atoms with Gasteiger partial charge in [-0.05, 0) is 55.5 Å². The molecule has 2 N–H and O–H groups in total. The summed E-state index contributed by atoms with van der Waals surface area (Å²) in [6, 6.07) is 12.5. The lowest BCUT2D eigenvalue weighted by Crippen LogP contribution is -2.53. The lowest BCUT2D eigenvalue weighted by atomic mass is 9.70. The molecular weight excluding hydrogens is 438 g/mol. The summed E-state index contributed by atoms with van der Waals surface area (Å²) in [5.41, 5.74) is 3.97. The summed E-state index contributed by atoms with van der Waals surface area (Å²) in [4.78, 5) is 23.8. The van der Waals surface area contributed by atoms with Crippen LogP contribution in [-0.2, 0) is 19.5 Å². The van der Waals surface area contributed by atoms with Crippen molar-refractivity contribution in [3.05, 3.63) is 59.7 Å². The number of pyridine rings is 1. The maximum atomic E-state index is 11.7. The van der Waals surface area contributed by atoms with Crippen LogP contribution in [0.3, 0.4) is 0 Å². The van der Waals surface area contributed by atoms with Crippen molar-refractivity contribution >= 4 is 17.1 Å². The minimum absolute atomic E-state index is 0.242. The number of carbonyl (C=O) groups is 1. The number of aryl methyl sites for hydroxylation is 1. The van der Waals surface area contributed by atoms with Gasteiger partial charge in [-0.1, -0.05) is 52.8 Å². The third-order valence-corrected chi connectivity index (χ3v) is 7.30. The third kappa shape index (κ3) is 5.35. The molecule has 1 amide bonds. The number of hydrogen-bond donors (Lipinski definition) is 2. The Morgan fingerprint density at radius 1 is 1.20 bits per heavy atom. The Kier molecular flexibility index (Phi) is 6.91. The predicted molar refractivity (Wildman–Crippen MR) is 139 cm³/mol. The number of benzene rings is 1. The third-order valence-electron chi connectivity index (χ3n) is 7.30. The standard InChI is InChI=1S/C28H39N5O2/c1-27(2,3)25(31-26(34)35)28(4,5)18-33-21-14-8-7-13-20(21)30-23(33)17-32(6)22-15-9-11-19-12-10-16-29-24(19)22/h7-8,10,12-14,16,22,25,31H,9,11,15,17-18H2,1-6H3,(H,34,35). The monoisotopic (exact) mass is 477 g/mol. The molecule has 7 heteroatoms. The van der Waals surface area contributed by atoms with Crippen LogP contribution in [0.2, 0.25) is 0 Å². The number of imidazole rings is 1. The van der Waals surface area contributed by atoms with Gasteiger partial charge in [-0.25, -0.2) is 9.78 Å². The second-order valence-corrected chi connectivity index (χ2v) is 11.7. The van der Waals surface area contributed by atoms with Crippen LogP contribution >= 0.6 is 0 Å². The zero-order valence-corrected chi connectivity index (χ0v) is 21.9. The molecule has 4 rings (SSSR count). The van der Waals surface area contributed by atoms with Crippen molar-refractivity contribution in [2.75, 3.05) is 7.05 Å². The van der Waals surface area contributed by atoms with Crippen LogP contribution in [-0.4, -0.2) is 43.7 Å². The van der Waals surface area contributed by atoms with Gasteiger partial charge < -0.3 is 15.0 Å². The number of rotatable bonds is 7. The van der Waals surface area contributed by atoms with E-state index in [1.807, 2.05) is 24.4 Å². The molecule has 1 aliphatic rings. The Hall–Kier alpha value is -2.93. The summed E-state index contributed by atoms with van der Waals surface area (Å²) < 4.78 is 2.29. The maximum absolute atomic E-state index is 11.7. The number of carboxylic acid groups (broad SMARTS) is 1. The first-order chi connectivity index (χ1) is 16.5. The lowest BCUT2D eigenvalue weighted by Gasteiger charge is -2.43. The SMILES string of the molecule is CN(Cc1nc2ccccc2n1CC(C)(C)C(NC(=O)O)C(C)(C)C)C1CCCc2cccnc21. The van der Waals surface area contributed by atoms with Gasteiger partial charge in [-0.2, -0.15) is 0 Å². The molecule has 2 aromatic heterocycles. The zero-order valence-electron chi connectivity index (χ0n) is 21.9. The first-order valence-corrected chi connectivity index (χ1v) is 12.5. The number of fused-ring (bicyclic) bond motifs is 2. The molecular formula is C28H39N5O2. The van der Waals surface area contributed by atoms with Crippen molar-refractivity contribution < 1.29 is 9.90 Å². The van der Waals surface area contributed by atoms with Crippen molar-refractivity contribution in [1.82, 2.24) is 24.8 Å². The fourth-order valence-corrected chi connectivity index (χ4v) is 5.98. The van der Waals surface area contributed by atoms with Crippen molar-refractivity contribution in [3.8, 4) is 0 Å². The Bertz CT molecular complexity index is 1190. The van der Waals surface area contributed by atoms with Gasteiger partial charge in [-0.15, -0.1) is 0 Å². The molecule has 7 nitrogen and oxygen atoms in total. The largest absolute Gasteiger partial charge is 0.465 e. The minimum Gasteiger partial charge on any atom is -0.465 e. The normalized spacial score (nSPS) is 17.4. The molecule has 188 valence electrons. The molecule has 0 bridgehead atoms. The summed E-state index contributed by atoms with van der Waals surface area (Å²) in [7, 11) is 2.16. The van der Waals surface area contributed by atoms with Gasteiger partial charge in [0.2, 0.25) is 0 Å². The Morgan fingerprint density at radius 3 is 2.66 bits per heavy atom. The number of aromatic nitrogens is 3. The molecule has 1 aliphatic carbocycles. The molecule has 0 fully saturated rings. The smallest absolute Gasteiger partial charge is 0.404 e. The molecule has 2 heterocycles. The number of nitrogens with zero attached hydrogens (tertiary/aromatic N) is 4. The lowest BCUT2D eigenvalue weighted by molar-refractivity contribution is 0.0980. The molecule has 2 unspecified atom stereocenters. The highest BCUT2D eigenvalue weighted by Gasteiger charge is 2.40. The van der Waals surface area contributed by atoms with Crippen LogP contribution in [0.4, 0.5) is 4.79 Å². The van der Waals surface area contributed by atoms with Crippen LogP contribution in [0, 0.1) is 10.8 Å². The van der Waals surface area contributed by atoms with Crippen LogP contribution in [0.15, 0.2) is 42.6 Å². The van der Waals surface area contributed by atoms with Crippen LogP contribution in [0.25, 0.3) is 11.0 Å². The van der Waals surface area contributed by atoms with Gasteiger partial charge in [0, 0.05) is 24.2 Å². The van der Waals surface area contributed by atoms with Gasteiger partial charge in [0.05, 0.1) is 29.3 Å². The first-order valence-electron chi connectivity index (χ1n) is 12.5. The molecule has 2 atom stereocenters. The fourth-order valence-electron chi connectivity index (χ4n) is 5.98. The maximum Gasteiger partial charge on any atom is 0.404 e. The van der Waals surface area contributed by atoms with Crippen LogP contribution < -0.4 is 5.32 Å². The van der Waals surface area contributed by atoms with E-state index in [1.54, 1.807) is 0 Å². The van der Waals surface area contributed by atoms with Crippen molar-refractivity contribution in [2.24, 2.45) is 10.8 Å². The summed E-state index contributed by atoms with van der Waals surface area (Å²) in [6.45, 7) is 11.9. The van der Waals surface area contributed by atoms with Crippen molar-refractivity contribution in [1.29, 1.82) is 0 Å². The molecule has 35 heavy (non-hydrogen) atoms. The average Bonchev–Trinajstić information content (AvgIpc) is 3.12. The van der Waals surface area contributed by atoms with E-state index < -0.39 is 6.09 Å². The van der Waals surface area contributed by atoms with Gasteiger partial charge >= 0.3 is 6.09 Å². The quantitative estimate of drug-likeness (QED) is 0.459. The molecule has 0 spiro atoms. The predicted octanol–water partition coefficient (Wildman–Crippen LogP) is 5.65. The Balaban J connectivity index is 1.68.